The number of furan rings is 1. The average molecular weight is 167 g/mol. The molecule has 0 saturated carbocycles. The van der Waals surface area contributed by atoms with Crippen LogP contribution in [0.4, 0.5) is 0 Å². The number of Topliss-reactive ketones (excluding diaryl/α,β-unsaturated/α-hetero) is 1. The van der Waals surface area contributed by atoms with Crippen molar-refractivity contribution in [3.05, 3.63) is 23.7 Å². The van der Waals surface area contributed by atoms with Crippen molar-refractivity contribution in [3.63, 3.8) is 0 Å². The molecule has 0 saturated heterocycles. The lowest BCUT2D eigenvalue weighted by Crippen LogP contribution is -2.05. The lowest BCUT2D eigenvalue weighted by molar-refractivity contribution is 0.0909. The van der Waals surface area contributed by atoms with Crippen LogP contribution in [-0.4, -0.2) is 5.78 Å². The first-order valence-corrected chi connectivity index (χ1v) is 3.98. The first-order valence-electron chi connectivity index (χ1n) is 3.98. The van der Waals surface area contributed by atoms with Gasteiger partial charge in [-0.2, -0.15) is 0 Å². The molecule has 1 heterocycles. The minimum Gasteiger partial charge on any atom is -0.457 e. The first-order chi connectivity index (χ1) is 5.65. The summed E-state index contributed by atoms with van der Waals surface area (Å²) in [6.07, 6.45) is 0. The van der Waals surface area contributed by atoms with Crippen LogP contribution in [0.3, 0.4) is 0 Å². The summed E-state index contributed by atoms with van der Waals surface area (Å²) in [6, 6.07) is 3.40. The van der Waals surface area contributed by atoms with E-state index >= 15 is 0 Å². The molecule has 66 valence electrons. The van der Waals surface area contributed by atoms with Gasteiger partial charge in [0.25, 0.3) is 0 Å². The molecule has 1 aromatic heterocycles. The highest BCUT2D eigenvalue weighted by Crippen LogP contribution is 2.11. The molecule has 0 unspecified atom stereocenters. The summed E-state index contributed by atoms with van der Waals surface area (Å²) in [5, 5.41) is 0. The number of hydrogen-bond donors (Lipinski definition) is 1. The highest BCUT2D eigenvalue weighted by Gasteiger charge is 2.13. The van der Waals surface area contributed by atoms with Crippen molar-refractivity contribution in [1.29, 1.82) is 0 Å². The van der Waals surface area contributed by atoms with Crippen molar-refractivity contribution in [2.75, 3.05) is 0 Å². The first kappa shape index (κ1) is 9.00. The van der Waals surface area contributed by atoms with Crippen molar-refractivity contribution in [3.8, 4) is 0 Å². The van der Waals surface area contributed by atoms with E-state index in [4.69, 9.17) is 10.2 Å². The van der Waals surface area contributed by atoms with E-state index < -0.39 is 0 Å². The van der Waals surface area contributed by atoms with Gasteiger partial charge in [0.05, 0.1) is 6.54 Å². The second-order valence-electron chi connectivity index (χ2n) is 2.99. The molecule has 2 N–H and O–H groups in total. The van der Waals surface area contributed by atoms with Crippen LogP contribution < -0.4 is 5.73 Å². The molecule has 0 bridgehead atoms. The fraction of sp³-hybridized carbons (Fsp3) is 0.444. The van der Waals surface area contributed by atoms with Gasteiger partial charge in [-0.1, -0.05) is 13.8 Å². The van der Waals surface area contributed by atoms with Crippen molar-refractivity contribution in [2.45, 2.75) is 20.4 Å². The standard InChI is InChI=1S/C9H13NO2/c1-6(2)9(11)8-4-3-7(5-10)12-8/h3-4,6H,5,10H2,1-2H3. The van der Waals surface area contributed by atoms with Crippen molar-refractivity contribution in [2.24, 2.45) is 11.7 Å². The largest absolute Gasteiger partial charge is 0.457 e. The molecule has 0 amide bonds. The maximum absolute atomic E-state index is 11.3. The molecule has 0 spiro atoms. The van der Waals surface area contributed by atoms with Crippen LogP contribution in [0.2, 0.25) is 0 Å². The predicted molar refractivity (Wildman–Crippen MR) is 45.8 cm³/mol. The minimum atomic E-state index is -0.0261. The molecule has 1 aromatic rings. The molecule has 0 aliphatic heterocycles. The molecular weight excluding hydrogens is 154 g/mol. The van der Waals surface area contributed by atoms with Gasteiger partial charge in [-0.15, -0.1) is 0 Å². The summed E-state index contributed by atoms with van der Waals surface area (Å²) >= 11 is 0. The number of carbonyl (C=O) groups excluding carboxylic acids is 1. The third-order valence-corrected chi connectivity index (χ3v) is 1.63. The van der Waals surface area contributed by atoms with E-state index in [9.17, 15) is 4.79 Å². The quantitative estimate of drug-likeness (QED) is 0.695. The molecule has 0 aliphatic rings. The zero-order valence-corrected chi connectivity index (χ0v) is 7.33. The van der Waals surface area contributed by atoms with Gasteiger partial charge in [0.1, 0.15) is 5.76 Å². The molecule has 0 aromatic carbocycles. The van der Waals surface area contributed by atoms with Crippen molar-refractivity contribution >= 4 is 5.78 Å². The van der Waals surface area contributed by atoms with Crippen LogP contribution in [-0.2, 0) is 6.54 Å². The number of nitrogens with two attached hydrogens (primary N) is 1. The Balaban J connectivity index is 2.82. The monoisotopic (exact) mass is 167 g/mol. The third-order valence-electron chi connectivity index (χ3n) is 1.63. The SMILES string of the molecule is CC(C)C(=O)c1ccc(CN)o1. The van der Waals surface area contributed by atoms with Gasteiger partial charge in [-0.05, 0) is 12.1 Å². The van der Waals surface area contributed by atoms with Gasteiger partial charge in [0.2, 0.25) is 5.78 Å². The van der Waals surface area contributed by atoms with Gasteiger partial charge in [-0.3, -0.25) is 4.79 Å². The number of hydrogen-bond acceptors (Lipinski definition) is 3. The van der Waals surface area contributed by atoms with Gasteiger partial charge in [0, 0.05) is 5.92 Å². The zero-order chi connectivity index (χ0) is 9.14. The Kier molecular flexibility index (Phi) is 2.65. The third kappa shape index (κ3) is 1.74. The highest BCUT2D eigenvalue weighted by atomic mass is 16.3. The second kappa shape index (κ2) is 3.54. The fourth-order valence-corrected chi connectivity index (χ4v) is 0.905. The normalized spacial score (nSPS) is 10.7. The van der Waals surface area contributed by atoms with Crippen LogP contribution in [0.15, 0.2) is 16.5 Å². The van der Waals surface area contributed by atoms with E-state index in [1.54, 1.807) is 12.1 Å². The van der Waals surface area contributed by atoms with E-state index in [1.807, 2.05) is 13.8 Å². The summed E-state index contributed by atoms with van der Waals surface area (Å²) in [7, 11) is 0. The highest BCUT2D eigenvalue weighted by molar-refractivity contribution is 5.94. The summed E-state index contributed by atoms with van der Waals surface area (Å²) in [6.45, 7) is 4.02. The van der Waals surface area contributed by atoms with Crippen LogP contribution in [0.1, 0.15) is 30.2 Å². The van der Waals surface area contributed by atoms with Crippen molar-refractivity contribution < 1.29 is 9.21 Å². The van der Waals surface area contributed by atoms with Gasteiger partial charge in [-0.25, -0.2) is 0 Å². The predicted octanol–water partition coefficient (Wildman–Crippen LogP) is 1.58. The van der Waals surface area contributed by atoms with E-state index in [2.05, 4.69) is 0 Å². The van der Waals surface area contributed by atoms with Gasteiger partial charge < -0.3 is 10.2 Å². The molecule has 0 aliphatic carbocycles. The molecule has 1 rings (SSSR count). The Hall–Kier alpha value is -1.09. The van der Waals surface area contributed by atoms with Gasteiger partial charge >= 0.3 is 0 Å². The maximum Gasteiger partial charge on any atom is 0.200 e. The van der Waals surface area contributed by atoms with Crippen LogP contribution in [0.25, 0.3) is 0 Å². The Bertz CT molecular complexity index is 276. The molecular formula is C9H13NO2. The fourth-order valence-electron chi connectivity index (χ4n) is 0.905. The van der Waals surface area contributed by atoms with E-state index in [1.165, 1.54) is 0 Å². The molecule has 3 nitrogen and oxygen atoms in total. The van der Waals surface area contributed by atoms with E-state index in [0.29, 0.717) is 18.1 Å². The summed E-state index contributed by atoms with van der Waals surface area (Å²) in [4.78, 5) is 11.3. The number of carbonyl (C=O) groups is 1. The lowest BCUT2D eigenvalue weighted by atomic mass is 10.1. The second-order valence-corrected chi connectivity index (χ2v) is 2.99. The summed E-state index contributed by atoms with van der Waals surface area (Å²) in [5.41, 5.74) is 5.33. The van der Waals surface area contributed by atoms with E-state index in [-0.39, 0.29) is 11.7 Å². The summed E-state index contributed by atoms with van der Waals surface area (Å²) < 4.78 is 5.18. The Labute approximate surface area is 71.6 Å². The van der Waals surface area contributed by atoms with Crippen LogP contribution in [0, 0.1) is 5.92 Å². The number of rotatable bonds is 3. The molecule has 0 fully saturated rings. The zero-order valence-electron chi connectivity index (χ0n) is 7.33. The van der Waals surface area contributed by atoms with Gasteiger partial charge in [0.15, 0.2) is 5.76 Å². The molecule has 0 atom stereocenters. The Morgan fingerprint density at radius 1 is 1.58 bits per heavy atom. The smallest absolute Gasteiger partial charge is 0.200 e. The Morgan fingerprint density at radius 2 is 2.25 bits per heavy atom. The lowest BCUT2D eigenvalue weighted by Gasteiger charge is -1.98. The van der Waals surface area contributed by atoms with Crippen molar-refractivity contribution in [1.82, 2.24) is 0 Å². The molecule has 0 radical (unpaired) electrons. The number of ketones is 1. The van der Waals surface area contributed by atoms with Crippen LogP contribution in [0.5, 0.6) is 0 Å². The minimum absolute atomic E-state index is 0.0229. The Morgan fingerprint density at radius 3 is 2.67 bits per heavy atom. The average Bonchev–Trinajstić information content (AvgIpc) is 2.50. The van der Waals surface area contributed by atoms with Crippen LogP contribution >= 0.6 is 0 Å². The molecule has 3 heteroatoms. The van der Waals surface area contributed by atoms with E-state index in [0.717, 1.165) is 0 Å². The maximum atomic E-state index is 11.3. The topological polar surface area (TPSA) is 56.2 Å². The molecule has 12 heavy (non-hydrogen) atoms. The summed E-state index contributed by atoms with van der Waals surface area (Å²) in [5.74, 6) is 1.06.